The van der Waals surface area contributed by atoms with Crippen molar-refractivity contribution in [2.75, 3.05) is 11.9 Å². The summed E-state index contributed by atoms with van der Waals surface area (Å²) in [6.07, 6.45) is 6.11. The lowest BCUT2D eigenvalue weighted by molar-refractivity contribution is 0.507. The number of benzene rings is 1. The quantitative estimate of drug-likeness (QED) is 0.753. The van der Waals surface area contributed by atoms with Gasteiger partial charge in [-0.1, -0.05) is 25.5 Å². The lowest BCUT2D eigenvalue weighted by Crippen LogP contribution is -2.30. The van der Waals surface area contributed by atoms with Gasteiger partial charge in [-0.15, -0.1) is 0 Å². The molecule has 0 aliphatic heterocycles. The van der Waals surface area contributed by atoms with Gasteiger partial charge in [0.15, 0.2) is 5.11 Å². The number of hydrogen-bond donors (Lipinski definition) is 2. The summed E-state index contributed by atoms with van der Waals surface area (Å²) in [5, 5.41) is 7.02. The molecule has 0 saturated heterocycles. The van der Waals surface area contributed by atoms with E-state index in [-0.39, 0.29) is 0 Å². The molecule has 21 heavy (non-hydrogen) atoms. The van der Waals surface area contributed by atoms with E-state index in [1.807, 2.05) is 12.1 Å². The van der Waals surface area contributed by atoms with E-state index in [1.165, 1.54) is 18.4 Å². The second-order valence-electron chi connectivity index (χ2n) is 5.01. The van der Waals surface area contributed by atoms with Crippen molar-refractivity contribution >= 4 is 23.0 Å². The third-order valence-corrected chi connectivity index (χ3v) is 3.51. The topological polar surface area (TPSA) is 37.2 Å². The Balaban J connectivity index is 1.71. The van der Waals surface area contributed by atoms with E-state index in [4.69, 9.17) is 16.6 Å². The first-order valence-electron chi connectivity index (χ1n) is 7.44. The summed E-state index contributed by atoms with van der Waals surface area (Å²) in [7, 11) is 0. The predicted molar refractivity (Wildman–Crippen MR) is 91.7 cm³/mol. The molecule has 0 fully saturated rings. The molecule has 0 amide bonds. The average molecular weight is 302 g/mol. The molecular formula is C17H22N2OS. The van der Waals surface area contributed by atoms with Crippen molar-refractivity contribution in [2.45, 2.75) is 32.6 Å². The molecule has 1 aromatic carbocycles. The van der Waals surface area contributed by atoms with Crippen LogP contribution in [-0.4, -0.2) is 11.7 Å². The molecule has 0 saturated carbocycles. The number of anilines is 1. The van der Waals surface area contributed by atoms with Crippen LogP contribution < -0.4 is 10.6 Å². The van der Waals surface area contributed by atoms with Gasteiger partial charge >= 0.3 is 0 Å². The lowest BCUT2D eigenvalue weighted by atomic mass is 10.1. The van der Waals surface area contributed by atoms with Crippen LogP contribution >= 0.6 is 12.2 Å². The van der Waals surface area contributed by atoms with Crippen LogP contribution in [0.1, 0.15) is 31.1 Å². The number of hydrogen-bond acceptors (Lipinski definition) is 2. The molecular weight excluding hydrogens is 280 g/mol. The molecule has 2 rings (SSSR count). The molecule has 2 N–H and O–H groups in total. The Bertz CT molecular complexity index is 534. The molecule has 0 spiro atoms. The van der Waals surface area contributed by atoms with Gasteiger partial charge in [-0.2, -0.15) is 0 Å². The average Bonchev–Trinajstić information content (AvgIpc) is 3.00. The van der Waals surface area contributed by atoms with Crippen molar-refractivity contribution in [2.24, 2.45) is 0 Å². The fourth-order valence-corrected chi connectivity index (χ4v) is 2.28. The maximum Gasteiger partial charge on any atom is 0.170 e. The van der Waals surface area contributed by atoms with Crippen molar-refractivity contribution in [3.63, 3.8) is 0 Å². The molecule has 1 aromatic heterocycles. The third-order valence-electron chi connectivity index (χ3n) is 3.27. The predicted octanol–water partition coefficient (Wildman–Crippen LogP) is 4.15. The van der Waals surface area contributed by atoms with Gasteiger partial charge in [-0.3, -0.25) is 0 Å². The zero-order valence-corrected chi connectivity index (χ0v) is 13.2. The van der Waals surface area contributed by atoms with Crippen LogP contribution in [-0.2, 0) is 12.8 Å². The van der Waals surface area contributed by atoms with Crippen LogP contribution in [0.4, 0.5) is 5.69 Å². The molecule has 3 nitrogen and oxygen atoms in total. The van der Waals surface area contributed by atoms with Crippen molar-refractivity contribution < 1.29 is 4.42 Å². The summed E-state index contributed by atoms with van der Waals surface area (Å²) in [4.78, 5) is 0. The summed E-state index contributed by atoms with van der Waals surface area (Å²) >= 11 is 5.28. The van der Waals surface area contributed by atoms with Gasteiger partial charge in [-0.25, -0.2) is 0 Å². The minimum absolute atomic E-state index is 0.642. The minimum Gasteiger partial charge on any atom is -0.469 e. The SMILES string of the molecule is CCCCc1ccc(NC(=S)NCCc2ccco2)cc1. The molecule has 1 heterocycles. The molecule has 4 heteroatoms. The highest BCUT2D eigenvalue weighted by Gasteiger charge is 2.00. The fourth-order valence-electron chi connectivity index (χ4n) is 2.06. The van der Waals surface area contributed by atoms with Gasteiger partial charge < -0.3 is 15.1 Å². The van der Waals surface area contributed by atoms with E-state index in [0.717, 1.165) is 30.8 Å². The fraction of sp³-hybridized carbons (Fsp3) is 0.353. The first-order valence-corrected chi connectivity index (χ1v) is 7.85. The van der Waals surface area contributed by atoms with Crippen LogP contribution in [0, 0.1) is 0 Å². The van der Waals surface area contributed by atoms with Crippen molar-refractivity contribution in [1.29, 1.82) is 0 Å². The van der Waals surface area contributed by atoms with E-state index < -0.39 is 0 Å². The monoisotopic (exact) mass is 302 g/mol. The number of nitrogens with one attached hydrogen (secondary N) is 2. The number of thiocarbonyl (C=S) groups is 1. The largest absolute Gasteiger partial charge is 0.469 e. The van der Waals surface area contributed by atoms with Gasteiger partial charge in [0.05, 0.1) is 6.26 Å². The van der Waals surface area contributed by atoms with Crippen LogP contribution in [0.5, 0.6) is 0 Å². The Morgan fingerprint density at radius 1 is 1.14 bits per heavy atom. The van der Waals surface area contributed by atoms with Gasteiger partial charge in [0.1, 0.15) is 5.76 Å². The molecule has 0 radical (unpaired) electrons. The number of aryl methyl sites for hydroxylation is 1. The standard InChI is InChI=1S/C17H22N2OS/c1-2-3-5-14-7-9-15(10-8-14)19-17(21)18-12-11-16-6-4-13-20-16/h4,6-10,13H,2-3,5,11-12H2,1H3,(H2,18,19,21). The maximum atomic E-state index is 5.28. The Kier molecular flexibility index (Phi) is 6.28. The Morgan fingerprint density at radius 3 is 2.62 bits per heavy atom. The van der Waals surface area contributed by atoms with Crippen LogP contribution in [0.3, 0.4) is 0 Å². The highest BCUT2D eigenvalue weighted by atomic mass is 32.1. The third kappa shape index (κ3) is 5.60. The van der Waals surface area contributed by atoms with Crippen LogP contribution in [0.15, 0.2) is 47.1 Å². The van der Waals surface area contributed by atoms with Crippen LogP contribution in [0.2, 0.25) is 0 Å². The zero-order chi connectivity index (χ0) is 14.9. The second kappa shape index (κ2) is 8.47. The lowest BCUT2D eigenvalue weighted by Gasteiger charge is -2.10. The Morgan fingerprint density at radius 2 is 1.95 bits per heavy atom. The van der Waals surface area contributed by atoms with E-state index in [2.05, 4.69) is 41.8 Å². The van der Waals surface area contributed by atoms with Gasteiger partial charge in [0.25, 0.3) is 0 Å². The highest BCUT2D eigenvalue weighted by Crippen LogP contribution is 2.11. The summed E-state index contributed by atoms with van der Waals surface area (Å²) < 4.78 is 5.28. The summed E-state index contributed by atoms with van der Waals surface area (Å²) in [5.74, 6) is 0.963. The summed E-state index contributed by atoms with van der Waals surface area (Å²) in [5.41, 5.74) is 2.39. The van der Waals surface area contributed by atoms with Crippen molar-refractivity contribution in [3.05, 3.63) is 54.0 Å². The number of unbranched alkanes of at least 4 members (excludes halogenated alkanes) is 1. The first kappa shape index (κ1) is 15.6. The van der Waals surface area contributed by atoms with E-state index in [9.17, 15) is 0 Å². The normalized spacial score (nSPS) is 10.3. The van der Waals surface area contributed by atoms with Crippen molar-refractivity contribution in [1.82, 2.24) is 5.32 Å². The van der Waals surface area contributed by atoms with E-state index >= 15 is 0 Å². The Hall–Kier alpha value is -1.81. The minimum atomic E-state index is 0.642. The molecule has 0 unspecified atom stereocenters. The van der Waals surface area contributed by atoms with Crippen molar-refractivity contribution in [3.8, 4) is 0 Å². The molecule has 2 aromatic rings. The van der Waals surface area contributed by atoms with Crippen LogP contribution in [0.25, 0.3) is 0 Å². The van der Waals surface area contributed by atoms with E-state index in [0.29, 0.717) is 5.11 Å². The molecule has 0 aliphatic rings. The molecule has 112 valence electrons. The molecule has 0 aliphatic carbocycles. The number of furan rings is 1. The van der Waals surface area contributed by atoms with E-state index in [1.54, 1.807) is 6.26 Å². The smallest absolute Gasteiger partial charge is 0.170 e. The highest BCUT2D eigenvalue weighted by molar-refractivity contribution is 7.80. The summed E-state index contributed by atoms with van der Waals surface area (Å²) in [6, 6.07) is 12.3. The van der Waals surface area contributed by atoms with Gasteiger partial charge in [-0.05, 0) is 54.9 Å². The zero-order valence-electron chi connectivity index (χ0n) is 12.4. The molecule has 0 atom stereocenters. The van der Waals surface area contributed by atoms with Gasteiger partial charge in [0, 0.05) is 18.7 Å². The second-order valence-corrected chi connectivity index (χ2v) is 5.42. The summed E-state index contributed by atoms with van der Waals surface area (Å²) in [6.45, 7) is 2.97. The first-order chi connectivity index (χ1) is 10.3. The van der Waals surface area contributed by atoms with Gasteiger partial charge in [0.2, 0.25) is 0 Å². The Labute approximate surface area is 131 Å². The number of rotatable bonds is 7. The maximum absolute atomic E-state index is 5.28. The molecule has 0 bridgehead atoms.